The zero-order valence-electron chi connectivity index (χ0n) is 12.4. The molecule has 0 spiro atoms. The average Bonchev–Trinajstić information content (AvgIpc) is 2.54. The summed E-state index contributed by atoms with van der Waals surface area (Å²) in [6.07, 6.45) is 2.55. The van der Waals surface area contributed by atoms with E-state index in [2.05, 4.69) is 70.9 Å². The fraction of sp³-hybridized carbons (Fsp3) is 0.316. The zero-order valence-corrected chi connectivity index (χ0v) is 13.3. The van der Waals surface area contributed by atoms with Gasteiger partial charge in [-0.15, -0.1) is 0 Å². The van der Waals surface area contributed by atoms with Gasteiger partial charge in [0.1, 0.15) is 0 Å². The van der Waals surface area contributed by atoms with Crippen molar-refractivity contribution in [3.05, 3.63) is 60.2 Å². The largest absolute Gasteiger partial charge is 0.374 e. The molecule has 0 radical (unpaired) electrons. The van der Waals surface area contributed by atoms with E-state index in [4.69, 9.17) is 4.74 Å². The Morgan fingerprint density at radius 1 is 1.00 bits per heavy atom. The molecule has 1 aliphatic rings. The molecule has 2 aromatic rings. The summed E-state index contributed by atoms with van der Waals surface area (Å²) >= 11 is 4.58. The van der Waals surface area contributed by atoms with Crippen LogP contribution in [0, 0.1) is 5.92 Å². The van der Waals surface area contributed by atoms with Crippen molar-refractivity contribution >= 4 is 17.4 Å². The molecule has 3 rings (SSSR count). The molecule has 2 nitrogen and oxygen atoms in total. The Bertz CT molecular complexity index is 641. The molecule has 0 heterocycles. The zero-order chi connectivity index (χ0) is 15.2. The van der Waals surface area contributed by atoms with Gasteiger partial charge in [-0.3, -0.25) is 0 Å². The van der Waals surface area contributed by atoms with Gasteiger partial charge in [0, 0.05) is 0 Å². The highest BCUT2D eigenvalue weighted by atomic mass is 32.1. The van der Waals surface area contributed by atoms with Crippen LogP contribution in [-0.2, 0) is 11.3 Å². The molecule has 1 fully saturated rings. The van der Waals surface area contributed by atoms with Crippen molar-refractivity contribution in [1.82, 2.24) is 0 Å². The minimum atomic E-state index is 0.374. The number of isothiocyanates is 1. The molecule has 0 aromatic heterocycles. The molecule has 1 saturated carbocycles. The van der Waals surface area contributed by atoms with Crippen molar-refractivity contribution < 1.29 is 4.74 Å². The van der Waals surface area contributed by atoms with E-state index in [0.717, 1.165) is 19.4 Å². The number of ether oxygens (including phenoxy) is 1. The second kappa shape index (κ2) is 7.46. The van der Waals surface area contributed by atoms with Gasteiger partial charge in [-0.1, -0.05) is 54.6 Å². The van der Waals surface area contributed by atoms with Gasteiger partial charge in [0.15, 0.2) is 0 Å². The van der Waals surface area contributed by atoms with Gasteiger partial charge in [-0.2, -0.15) is 0 Å². The summed E-state index contributed by atoms with van der Waals surface area (Å²) in [7, 11) is 0. The first kappa shape index (κ1) is 15.1. The number of hydrogen-bond acceptors (Lipinski definition) is 3. The van der Waals surface area contributed by atoms with Crippen molar-refractivity contribution in [1.29, 1.82) is 0 Å². The standard InChI is InChI=1S/C19H19NOS/c22-14-20-12-16-10-19(11-16)21-13-15-6-8-18(9-7-15)17-4-2-1-3-5-17/h1-9,16,19H,10-13H2/t16-,19-. The van der Waals surface area contributed by atoms with Gasteiger partial charge in [0.25, 0.3) is 0 Å². The maximum atomic E-state index is 5.93. The van der Waals surface area contributed by atoms with Crippen LogP contribution in [0.1, 0.15) is 18.4 Å². The molecule has 0 amide bonds. The van der Waals surface area contributed by atoms with Gasteiger partial charge in [-0.25, -0.2) is 4.99 Å². The molecule has 1 aliphatic carbocycles. The first-order valence-corrected chi connectivity index (χ1v) is 8.05. The van der Waals surface area contributed by atoms with E-state index in [1.807, 2.05) is 6.07 Å². The molecule has 0 atom stereocenters. The van der Waals surface area contributed by atoms with Gasteiger partial charge in [0.2, 0.25) is 0 Å². The van der Waals surface area contributed by atoms with Gasteiger partial charge in [-0.05, 0) is 47.7 Å². The summed E-state index contributed by atoms with van der Waals surface area (Å²) < 4.78 is 5.93. The van der Waals surface area contributed by atoms with E-state index in [0.29, 0.717) is 18.6 Å². The van der Waals surface area contributed by atoms with Crippen molar-refractivity contribution in [3.8, 4) is 11.1 Å². The molecule has 0 unspecified atom stereocenters. The Morgan fingerprint density at radius 2 is 1.68 bits per heavy atom. The number of thiocarbonyl (C=S) groups is 1. The monoisotopic (exact) mass is 309 g/mol. The lowest BCUT2D eigenvalue weighted by molar-refractivity contribution is -0.0374. The summed E-state index contributed by atoms with van der Waals surface area (Å²) in [6.45, 7) is 1.48. The van der Waals surface area contributed by atoms with Gasteiger partial charge < -0.3 is 4.74 Å². The van der Waals surface area contributed by atoms with Crippen molar-refractivity contribution in [3.63, 3.8) is 0 Å². The number of hydrogen-bond donors (Lipinski definition) is 0. The molecular formula is C19H19NOS. The predicted molar refractivity (Wildman–Crippen MR) is 93.1 cm³/mol. The summed E-state index contributed by atoms with van der Waals surface area (Å²) in [5.41, 5.74) is 3.71. The van der Waals surface area contributed by atoms with Gasteiger partial charge >= 0.3 is 0 Å². The van der Waals surface area contributed by atoms with Crippen molar-refractivity contribution in [2.45, 2.75) is 25.6 Å². The SMILES string of the molecule is S=C=NC[C@H]1C[C@H](OCc2ccc(-c3ccccc3)cc2)C1. The quantitative estimate of drug-likeness (QED) is 0.567. The second-order valence-electron chi connectivity index (χ2n) is 5.77. The van der Waals surface area contributed by atoms with Crippen LogP contribution >= 0.6 is 12.2 Å². The number of rotatable bonds is 6. The minimum absolute atomic E-state index is 0.374. The highest BCUT2D eigenvalue weighted by Crippen LogP contribution is 2.31. The Morgan fingerprint density at radius 3 is 2.36 bits per heavy atom. The van der Waals surface area contributed by atoms with E-state index in [9.17, 15) is 0 Å². The van der Waals surface area contributed by atoms with Crippen LogP contribution < -0.4 is 0 Å². The van der Waals surface area contributed by atoms with E-state index in [1.165, 1.54) is 16.7 Å². The molecule has 3 heteroatoms. The van der Waals surface area contributed by atoms with Crippen molar-refractivity contribution in [2.75, 3.05) is 6.54 Å². The van der Waals surface area contributed by atoms with E-state index in [1.54, 1.807) is 0 Å². The van der Waals surface area contributed by atoms with Crippen LogP contribution in [0.5, 0.6) is 0 Å². The molecule has 2 aromatic carbocycles. The summed E-state index contributed by atoms with van der Waals surface area (Å²) in [5.74, 6) is 0.626. The van der Waals surface area contributed by atoms with Gasteiger partial charge in [0.05, 0.1) is 24.4 Å². The topological polar surface area (TPSA) is 21.6 Å². The Hall–Kier alpha value is -1.80. The van der Waals surface area contributed by atoms with E-state index >= 15 is 0 Å². The maximum absolute atomic E-state index is 5.93. The third kappa shape index (κ3) is 3.89. The Labute approximate surface area is 136 Å². The third-order valence-corrected chi connectivity index (χ3v) is 4.28. The highest BCUT2D eigenvalue weighted by Gasteiger charge is 2.29. The molecule has 0 saturated heterocycles. The van der Waals surface area contributed by atoms with Crippen LogP contribution in [0.3, 0.4) is 0 Å². The normalized spacial score (nSPS) is 20.0. The lowest BCUT2D eigenvalue weighted by atomic mass is 9.82. The number of nitrogens with zero attached hydrogens (tertiary/aromatic N) is 1. The van der Waals surface area contributed by atoms with Crippen LogP contribution in [0.25, 0.3) is 11.1 Å². The van der Waals surface area contributed by atoms with Crippen molar-refractivity contribution in [2.24, 2.45) is 10.9 Å². The van der Waals surface area contributed by atoms with Crippen LogP contribution in [0.15, 0.2) is 59.6 Å². The highest BCUT2D eigenvalue weighted by molar-refractivity contribution is 7.78. The Balaban J connectivity index is 1.47. The Kier molecular flexibility index (Phi) is 5.12. The lowest BCUT2D eigenvalue weighted by Gasteiger charge is -2.33. The summed E-state index contributed by atoms with van der Waals surface area (Å²) in [6, 6.07) is 19.0. The summed E-state index contributed by atoms with van der Waals surface area (Å²) in [4.78, 5) is 3.99. The van der Waals surface area contributed by atoms with Crippen LogP contribution in [0.2, 0.25) is 0 Å². The average molecular weight is 309 g/mol. The van der Waals surface area contributed by atoms with E-state index < -0.39 is 0 Å². The minimum Gasteiger partial charge on any atom is -0.374 e. The second-order valence-corrected chi connectivity index (χ2v) is 5.95. The molecule has 0 bridgehead atoms. The lowest BCUT2D eigenvalue weighted by Crippen LogP contribution is -2.32. The molecule has 112 valence electrons. The van der Waals surface area contributed by atoms with Crippen LogP contribution in [0.4, 0.5) is 0 Å². The van der Waals surface area contributed by atoms with E-state index in [-0.39, 0.29) is 0 Å². The molecule has 0 N–H and O–H groups in total. The maximum Gasteiger partial charge on any atom is 0.0720 e. The predicted octanol–water partition coefficient (Wildman–Crippen LogP) is 4.75. The third-order valence-electron chi connectivity index (χ3n) is 4.15. The number of aliphatic imine (C=N–C) groups is 1. The first-order valence-electron chi connectivity index (χ1n) is 7.65. The fourth-order valence-corrected chi connectivity index (χ4v) is 2.84. The van der Waals surface area contributed by atoms with Crippen LogP contribution in [-0.4, -0.2) is 17.8 Å². The molecule has 0 aliphatic heterocycles. The number of benzene rings is 2. The fourth-order valence-electron chi connectivity index (χ4n) is 2.76. The molecular weight excluding hydrogens is 290 g/mol. The summed E-state index contributed by atoms with van der Waals surface area (Å²) in [5, 5.41) is 2.43. The first-order chi connectivity index (χ1) is 10.8. The smallest absolute Gasteiger partial charge is 0.0720 e. The molecule has 22 heavy (non-hydrogen) atoms.